The maximum atomic E-state index is 13.5. The van der Waals surface area contributed by atoms with Crippen molar-refractivity contribution >= 4 is 29.6 Å². The normalized spacial score (nSPS) is 21.3. The van der Waals surface area contributed by atoms with Crippen LogP contribution in [0, 0.1) is 11.8 Å². The summed E-state index contributed by atoms with van der Waals surface area (Å²) in [4.78, 5) is 63.6. The van der Waals surface area contributed by atoms with Gasteiger partial charge in [0.05, 0.1) is 19.6 Å². The molecule has 0 spiro atoms. The molecule has 38 heavy (non-hydrogen) atoms. The number of likely N-dealkylation sites (N-methyl/N-ethyl adjacent to an activating group) is 1. The zero-order chi connectivity index (χ0) is 29.4. The second kappa shape index (κ2) is 13.7. The van der Waals surface area contributed by atoms with E-state index in [9.17, 15) is 45.9 Å². The summed E-state index contributed by atoms with van der Waals surface area (Å²) in [5, 5.41) is 6.17. The number of hydrogen-bond acceptors (Lipinski definition) is 6. The van der Waals surface area contributed by atoms with E-state index in [4.69, 9.17) is 0 Å². The number of amides is 4. The molecular formula is C23H35F5N4O6. The van der Waals surface area contributed by atoms with Crippen molar-refractivity contribution in [1.29, 1.82) is 0 Å². The van der Waals surface area contributed by atoms with Crippen molar-refractivity contribution in [2.24, 2.45) is 11.8 Å². The molecule has 4 amide bonds. The Morgan fingerprint density at radius 3 is 2.13 bits per heavy atom. The van der Waals surface area contributed by atoms with Gasteiger partial charge < -0.3 is 25.6 Å². The van der Waals surface area contributed by atoms with Gasteiger partial charge in [0.25, 0.3) is 5.91 Å². The molecule has 0 unspecified atom stereocenters. The SMILES string of the molecule is CCC[C@@H]1[C@@H](C(=O)N[C@@H](CCC(C)(F)F)C(=O)C(=O)NC)N(C(=O)[C@H](CC(F)(F)F)NC(=O)OC)C[C@@H]1C. The van der Waals surface area contributed by atoms with E-state index in [0.717, 1.165) is 19.1 Å². The summed E-state index contributed by atoms with van der Waals surface area (Å²) in [6, 6.07) is -5.15. The summed E-state index contributed by atoms with van der Waals surface area (Å²) in [6.07, 6.45) is -8.42. The molecule has 1 fully saturated rings. The van der Waals surface area contributed by atoms with Crippen LogP contribution in [0.4, 0.5) is 26.7 Å². The quantitative estimate of drug-likeness (QED) is 0.248. The summed E-state index contributed by atoms with van der Waals surface area (Å²) >= 11 is 0. The number of alkyl carbamates (subject to hydrolysis) is 1. The fourth-order valence-electron chi connectivity index (χ4n) is 4.48. The molecule has 3 N–H and O–H groups in total. The molecule has 0 aromatic rings. The van der Waals surface area contributed by atoms with Gasteiger partial charge in [0.15, 0.2) is 0 Å². The van der Waals surface area contributed by atoms with Crippen LogP contribution in [0.2, 0.25) is 0 Å². The predicted octanol–water partition coefficient (Wildman–Crippen LogP) is 2.16. The number of ether oxygens (including phenoxy) is 1. The molecule has 1 aliphatic rings. The largest absolute Gasteiger partial charge is 0.453 e. The molecule has 10 nitrogen and oxygen atoms in total. The van der Waals surface area contributed by atoms with Crippen molar-refractivity contribution in [3.8, 4) is 0 Å². The van der Waals surface area contributed by atoms with Crippen LogP contribution in [0.1, 0.15) is 52.9 Å². The Labute approximate surface area is 217 Å². The number of carbonyl (C=O) groups excluding carboxylic acids is 5. The first-order valence-corrected chi connectivity index (χ1v) is 12.1. The molecule has 1 saturated heterocycles. The van der Waals surface area contributed by atoms with Crippen molar-refractivity contribution in [3.63, 3.8) is 0 Å². The van der Waals surface area contributed by atoms with E-state index in [0.29, 0.717) is 19.8 Å². The predicted molar refractivity (Wildman–Crippen MR) is 124 cm³/mol. The number of ketones is 1. The van der Waals surface area contributed by atoms with Gasteiger partial charge in [0.2, 0.25) is 23.5 Å². The van der Waals surface area contributed by atoms with Gasteiger partial charge in [0, 0.05) is 20.0 Å². The van der Waals surface area contributed by atoms with E-state index < -0.39 is 85.0 Å². The van der Waals surface area contributed by atoms with Gasteiger partial charge in [0.1, 0.15) is 12.1 Å². The first-order valence-electron chi connectivity index (χ1n) is 12.1. The Kier molecular flexibility index (Phi) is 11.9. The average molecular weight is 559 g/mol. The fourth-order valence-corrected chi connectivity index (χ4v) is 4.48. The summed E-state index contributed by atoms with van der Waals surface area (Å²) in [7, 11) is 2.04. The van der Waals surface area contributed by atoms with Crippen molar-refractivity contribution < 1.29 is 50.7 Å². The molecule has 1 rings (SSSR count). The maximum absolute atomic E-state index is 13.5. The van der Waals surface area contributed by atoms with Gasteiger partial charge in [-0.1, -0.05) is 20.3 Å². The number of Topliss-reactive ketones (excluding diaryl/α,β-unsaturated/α-hetero) is 1. The zero-order valence-corrected chi connectivity index (χ0v) is 21.9. The van der Waals surface area contributed by atoms with Gasteiger partial charge in [-0.3, -0.25) is 19.2 Å². The van der Waals surface area contributed by atoms with E-state index in [1.54, 1.807) is 13.8 Å². The molecular weight excluding hydrogens is 523 g/mol. The highest BCUT2D eigenvalue weighted by Crippen LogP contribution is 2.35. The minimum absolute atomic E-state index is 0.139. The lowest BCUT2D eigenvalue weighted by atomic mass is 9.87. The molecule has 5 atom stereocenters. The highest BCUT2D eigenvalue weighted by molar-refractivity contribution is 6.38. The Hall–Kier alpha value is -3.00. The van der Waals surface area contributed by atoms with Crippen molar-refractivity contribution in [1.82, 2.24) is 20.9 Å². The van der Waals surface area contributed by atoms with E-state index in [2.05, 4.69) is 15.4 Å². The minimum atomic E-state index is -4.86. The summed E-state index contributed by atoms with van der Waals surface area (Å²) in [5.41, 5.74) is 0. The smallest absolute Gasteiger partial charge is 0.407 e. The zero-order valence-electron chi connectivity index (χ0n) is 21.9. The number of halogens is 5. The van der Waals surface area contributed by atoms with Gasteiger partial charge in [-0.2, -0.15) is 13.2 Å². The lowest BCUT2D eigenvalue weighted by molar-refractivity contribution is -0.156. The second-order valence-corrected chi connectivity index (χ2v) is 9.49. The van der Waals surface area contributed by atoms with Crippen LogP contribution in [-0.4, -0.2) is 85.4 Å². The molecule has 0 aromatic carbocycles. The molecule has 0 radical (unpaired) electrons. The van der Waals surface area contributed by atoms with E-state index in [1.807, 2.05) is 5.32 Å². The minimum Gasteiger partial charge on any atom is -0.453 e. The molecule has 218 valence electrons. The third-order valence-corrected chi connectivity index (χ3v) is 6.30. The van der Waals surface area contributed by atoms with Crippen LogP contribution >= 0.6 is 0 Å². The second-order valence-electron chi connectivity index (χ2n) is 9.49. The number of methoxy groups -OCH3 is 1. The van der Waals surface area contributed by atoms with E-state index >= 15 is 0 Å². The molecule has 0 aliphatic carbocycles. The van der Waals surface area contributed by atoms with Crippen LogP contribution in [0.25, 0.3) is 0 Å². The maximum Gasteiger partial charge on any atom is 0.407 e. The Bertz CT molecular complexity index is 879. The highest BCUT2D eigenvalue weighted by Gasteiger charge is 2.49. The standard InChI is InChI=1S/C23H35F5N4O6/c1-6-7-13-12(2)11-32(20(36)15(10-23(26,27)28)31-21(37)38-5)16(13)18(34)30-14(8-9-22(3,24)25)17(33)19(35)29-4/h12-16H,6-11H2,1-5H3,(H,29,35)(H,30,34)(H,31,37)/t12-,13-,14-,15-,16-/m0/s1. The van der Waals surface area contributed by atoms with Gasteiger partial charge in [-0.25, -0.2) is 13.6 Å². The summed E-state index contributed by atoms with van der Waals surface area (Å²) in [6.45, 7) is 3.94. The monoisotopic (exact) mass is 558 g/mol. The fraction of sp³-hybridized carbons (Fsp3) is 0.783. The third kappa shape index (κ3) is 9.71. The number of nitrogens with one attached hydrogen (secondary N) is 3. The van der Waals surface area contributed by atoms with Gasteiger partial charge in [-0.05, 0) is 31.6 Å². The topological polar surface area (TPSA) is 134 Å². The number of nitrogens with zero attached hydrogens (tertiary/aromatic N) is 1. The van der Waals surface area contributed by atoms with Crippen molar-refractivity contribution in [2.75, 3.05) is 20.7 Å². The summed E-state index contributed by atoms with van der Waals surface area (Å²) < 4.78 is 70.9. The molecule has 15 heteroatoms. The highest BCUT2D eigenvalue weighted by atomic mass is 19.4. The third-order valence-electron chi connectivity index (χ3n) is 6.30. The van der Waals surface area contributed by atoms with Crippen molar-refractivity contribution in [3.05, 3.63) is 0 Å². The van der Waals surface area contributed by atoms with E-state index in [-0.39, 0.29) is 12.5 Å². The molecule has 0 bridgehead atoms. The Balaban J connectivity index is 3.37. The Morgan fingerprint density at radius 1 is 1.05 bits per heavy atom. The Morgan fingerprint density at radius 2 is 1.66 bits per heavy atom. The lowest BCUT2D eigenvalue weighted by Crippen LogP contribution is -2.58. The number of carbonyl (C=O) groups is 5. The number of alkyl halides is 5. The van der Waals surface area contributed by atoms with Gasteiger partial charge in [-0.15, -0.1) is 0 Å². The number of likely N-dealkylation sites (tertiary alicyclic amines) is 1. The first kappa shape index (κ1) is 33.0. The van der Waals surface area contributed by atoms with Crippen LogP contribution in [0.5, 0.6) is 0 Å². The van der Waals surface area contributed by atoms with Crippen molar-refractivity contribution in [2.45, 2.75) is 83.1 Å². The average Bonchev–Trinajstić information content (AvgIpc) is 3.14. The van der Waals surface area contributed by atoms with Gasteiger partial charge >= 0.3 is 12.3 Å². The van der Waals surface area contributed by atoms with Crippen LogP contribution in [0.3, 0.4) is 0 Å². The molecule has 0 saturated carbocycles. The number of hydrogen-bond donors (Lipinski definition) is 3. The number of rotatable bonds is 12. The van der Waals surface area contributed by atoms with E-state index in [1.165, 1.54) is 0 Å². The van der Waals surface area contributed by atoms with Crippen LogP contribution in [0.15, 0.2) is 0 Å². The van der Waals surface area contributed by atoms with Crippen LogP contribution in [-0.2, 0) is 23.9 Å². The first-order chi connectivity index (χ1) is 17.4. The molecule has 0 aromatic heterocycles. The summed E-state index contributed by atoms with van der Waals surface area (Å²) in [5.74, 6) is -8.66. The lowest BCUT2D eigenvalue weighted by Gasteiger charge is -2.32. The molecule has 1 aliphatic heterocycles. The molecule has 1 heterocycles. The van der Waals surface area contributed by atoms with Crippen LogP contribution < -0.4 is 16.0 Å².